The van der Waals surface area contributed by atoms with Gasteiger partial charge in [0, 0.05) is 25.3 Å². The average molecular weight is 558 g/mol. The van der Waals surface area contributed by atoms with E-state index >= 15 is 0 Å². The summed E-state index contributed by atoms with van der Waals surface area (Å²) in [6.45, 7) is 2.63. The number of nitrogens with zero attached hydrogens (tertiary/aromatic N) is 3. The largest absolute Gasteiger partial charge is 0.507 e. The van der Waals surface area contributed by atoms with Gasteiger partial charge in [-0.2, -0.15) is 0 Å². The van der Waals surface area contributed by atoms with Crippen molar-refractivity contribution in [3.63, 3.8) is 0 Å². The Kier molecular flexibility index (Phi) is 7.75. The summed E-state index contributed by atoms with van der Waals surface area (Å²) in [6, 6.07) is 19.1. The maximum Gasteiger partial charge on any atom is 0.301 e. The average Bonchev–Trinajstić information content (AvgIpc) is 3.50. The summed E-state index contributed by atoms with van der Waals surface area (Å²) in [5, 5.41) is 11.9. The lowest BCUT2D eigenvalue weighted by molar-refractivity contribution is -0.132. The number of carbonyl (C=O) groups is 2. The predicted octanol–water partition coefficient (Wildman–Crippen LogP) is 6.18. The molecule has 0 spiro atoms. The Labute approximate surface area is 237 Å². The molecule has 1 atom stereocenters. The van der Waals surface area contributed by atoms with Crippen LogP contribution in [-0.4, -0.2) is 49.6 Å². The van der Waals surface area contributed by atoms with Gasteiger partial charge in [-0.05, 0) is 54.4 Å². The second-order valence-electron chi connectivity index (χ2n) is 9.71. The molecule has 1 fully saturated rings. The number of carbonyl (C=O) groups excluding carboxylic acids is 2. The van der Waals surface area contributed by atoms with E-state index < -0.39 is 17.7 Å². The molecule has 5 rings (SSSR count). The van der Waals surface area contributed by atoms with E-state index in [9.17, 15) is 14.7 Å². The van der Waals surface area contributed by atoms with Crippen molar-refractivity contribution in [3.8, 4) is 11.5 Å². The molecule has 206 valence electrons. The molecule has 3 aromatic carbocycles. The van der Waals surface area contributed by atoms with Crippen molar-refractivity contribution in [2.75, 3.05) is 37.6 Å². The molecule has 1 N–H and O–H groups in total. The van der Waals surface area contributed by atoms with Gasteiger partial charge in [-0.3, -0.25) is 14.5 Å². The minimum Gasteiger partial charge on any atom is -0.507 e. The highest BCUT2D eigenvalue weighted by Crippen LogP contribution is 2.45. The maximum absolute atomic E-state index is 13.6. The maximum atomic E-state index is 13.6. The van der Waals surface area contributed by atoms with Gasteiger partial charge in [0.2, 0.25) is 0 Å². The third kappa shape index (κ3) is 5.12. The van der Waals surface area contributed by atoms with Crippen LogP contribution in [0.2, 0.25) is 0 Å². The lowest BCUT2D eigenvalue weighted by atomic mass is 9.95. The van der Waals surface area contributed by atoms with Crippen LogP contribution in [0.5, 0.6) is 11.5 Å². The molecule has 9 heteroatoms. The van der Waals surface area contributed by atoms with Crippen LogP contribution < -0.4 is 19.3 Å². The fourth-order valence-electron chi connectivity index (χ4n) is 4.65. The molecule has 1 aliphatic heterocycles. The SMILES string of the molecule is CCCCOc1cccc(C(O)=C2C(=O)C(=O)N(c3nc4ccc(OC)cc4s3)C2c2ccc(N(C)C)cc2)c1. The van der Waals surface area contributed by atoms with Crippen LogP contribution >= 0.6 is 11.3 Å². The van der Waals surface area contributed by atoms with E-state index in [4.69, 9.17) is 9.47 Å². The summed E-state index contributed by atoms with van der Waals surface area (Å²) in [5.74, 6) is -0.524. The number of rotatable bonds is 9. The van der Waals surface area contributed by atoms with E-state index in [0.29, 0.717) is 39.9 Å². The zero-order chi connectivity index (χ0) is 28.4. The first-order valence-corrected chi connectivity index (χ1v) is 13.9. The molecule has 0 bridgehead atoms. The zero-order valence-corrected chi connectivity index (χ0v) is 23.7. The van der Waals surface area contributed by atoms with E-state index in [0.717, 1.165) is 23.2 Å². The van der Waals surface area contributed by atoms with Crippen molar-refractivity contribution in [2.45, 2.75) is 25.8 Å². The van der Waals surface area contributed by atoms with Crippen LogP contribution in [-0.2, 0) is 9.59 Å². The van der Waals surface area contributed by atoms with E-state index in [-0.39, 0.29) is 11.3 Å². The van der Waals surface area contributed by atoms with Gasteiger partial charge in [-0.25, -0.2) is 4.98 Å². The van der Waals surface area contributed by atoms with Crippen LogP contribution in [0.4, 0.5) is 10.8 Å². The third-order valence-corrected chi connectivity index (χ3v) is 7.85. The van der Waals surface area contributed by atoms with E-state index in [1.165, 1.54) is 16.2 Å². The summed E-state index contributed by atoms with van der Waals surface area (Å²) < 4.78 is 12.0. The lowest BCUT2D eigenvalue weighted by Gasteiger charge is -2.23. The Bertz CT molecular complexity index is 1590. The van der Waals surface area contributed by atoms with Gasteiger partial charge in [-0.1, -0.05) is 48.9 Å². The topological polar surface area (TPSA) is 92.2 Å². The van der Waals surface area contributed by atoms with Crippen molar-refractivity contribution in [1.82, 2.24) is 4.98 Å². The number of unbranched alkanes of at least 4 members (excludes halogenated alkanes) is 1. The minimum absolute atomic E-state index is 0.00477. The summed E-state index contributed by atoms with van der Waals surface area (Å²) in [4.78, 5) is 35.2. The molecule has 0 aliphatic carbocycles. The fraction of sp³-hybridized carbons (Fsp3) is 0.258. The normalized spacial score (nSPS) is 16.5. The molecular weight excluding hydrogens is 526 g/mol. The van der Waals surface area contributed by atoms with Gasteiger partial charge >= 0.3 is 5.91 Å². The van der Waals surface area contributed by atoms with E-state index in [1.54, 1.807) is 37.4 Å². The monoisotopic (exact) mass is 557 g/mol. The number of thiazole rings is 1. The molecule has 4 aromatic rings. The van der Waals surface area contributed by atoms with Gasteiger partial charge in [-0.15, -0.1) is 0 Å². The highest BCUT2D eigenvalue weighted by molar-refractivity contribution is 7.22. The molecule has 1 amide bonds. The number of Topliss-reactive ketones (excluding diaryl/α,β-unsaturated/α-hetero) is 1. The number of fused-ring (bicyclic) bond motifs is 1. The van der Waals surface area contributed by atoms with Crippen molar-refractivity contribution >= 4 is 49.8 Å². The molecule has 0 saturated carbocycles. The highest BCUT2D eigenvalue weighted by Gasteiger charge is 2.48. The standard InChI is InChI=1S/C31H31N3O5S/c1-5-6-16-39-23-9-7-8-20(17-23)28(35)26-27(19-10-12-21(13-11-19)33(2)3)34(30(37)29(26)36)31-32-24-15-14-22(38-4)18-25(24)40-31/h7-15,17-18,27,35H,5-6,16H2,1-4H3. The zero-order valence-electron chi connectivity index (χ0n) is 22.9. The molecule has 2 heterocycles. The van der Waals surface area contributed by atoms with Gasteiger partial charge in [0.1, 0.15) is 17.3 Å². The third-order valence-electron chi connectivity index (χ3n) is 6.83. The summed E-state index contributed by atoms with van der Waals surface area (Å²) in [7, 11) is 5.46. The van der Waals surface area contributed by atoms with Crippen molar-refractivity contribution in [3.05, 3.63) is 83.4 Å². The number of benzene rings is 3. The number of aromatic nitrogens is 1. The predicted molar refractivity (Wildman–Crippen MR) is 159 cm³/mol. The van der Waals surface area contributed by atoms with Crippen LogP contribution in [0.25, 0.3) is 16.0 Å². The van der Waals surface area contributed by atoms with Crippen molar-refractivity contribution in [1.29, 1.82) is 0 Å². The number of ether oxygens (including phenoxy) is 2. The van der Waals surface area contributed by atoms with Crippen LogP contribution in [0, 0.1) is 0 Å². The Morgan fingerprint density at radius 2 is 1.82 bits per heavy atom. The smallest absolute Gasteiger partial charge is 0.301 e. The number of ketones is 1. The molecule has 1 saturated heterocycles. The van der Waals surface area contributed by atoms with Gasteiger partial charge in [0.25, 0.3) is 5.78 Å². The van der Waals surface area contributed by atoms with Gasteiger partial charge in [0.15, 0.2) is 5.13 Å². The summed E-state index contributed by atoms with van der Waals surface area (Å²) in [5.41, 5.74) is 2.73. The molecule has 40 heavy (non-hydrogen) atoms. The molecule has 1 unspecified atom stereocenters. The first-order valence-electron chi connectivity index (χ1n) is 13.1. The number of aliphatic hydroxyl groups is 1. The Balaban J connectivity index is 1.64. The van der Waals surface area contributed by atoms with Crippen molar-refractivity contribution in [2.24, 2.45) is 0 Å². The van der Waals surface area contributed by atoms with E-state index in [1.807, 2.05) is 55.4 Å². The second kappa shape index (κ2) is 11.4. The van der Waals surface area contributed by atoms with Gasteiger partial charge in [0.05, 0.1) is 35.5 Å². The van der Waals surface area contributed by atoms with Gasteiger partial charge < -0.3 is 19.5 Å². The Morgan fingerprint density at radius 3 is 2.52 bits per heavy atom. The second-order valence-corrected chi connectivity index (χ2v) is 10.7. The number of hydrogen-bond acceptors (Lipinski definition) is 8. The van der Waals surface area contributed by atoms with Crippen LogP contribution in [0.3, 0.4) is 0 Å². The molecular formula is C31H31N3O5S. The highest BCUT2D eigenvalue weighted by atomic mass is 32.1. The molecule has 0 radical (unpaired) electrons. The number of anilines is 2. The Hall–Kier alpha value is -4.37. The molecule has 8 nitrogen and oxygen atoms in total. The van der Waals surface area contributed by atoms with E-state index in [2.05, 4.69) is 11.9 Å². The van der Waals surface area contributed by atoms with Crippen LogP contribution in [0.1, 0.15) is 36.9 Å². The fourth-order valence-corrected chi connectivity index (χ4v) is 5.67. The first kappa shape index (κ1) is 27.2. The van der Waals surface area contributed by atoms with Crippen LogP contribution in [0.15, 0.2) is 72.3 Å². The molecule has 1 aliphatic rings. The molecule has 1 aromatic heterocycles. The number of aliphatic hydroxyl groups excluding tert-OH is 1. The number of amides is 1. The minimum atomic E-state index is -0.872. The quantitative estimate of drug-likeness (QED) is 0.114. The van der Waals surface area contributed by atoms with Crippen molar-refractivity contribution < 1.29 is 24.2 Å². The lowest BCUT2D eigenvalue weighted by Crippen LogP contribution is -2.29. The summed E-state index contributed by atoms with van der Waals surface area (Å²) >= 11 is 1.29. The Morgan fingerprint density at radius 1 is 1.05 bits per heavy atom. The first-order chi connectivity index (χ1) is 19.3. The number of methoxy groups -OCH3 is 1. The number of hydrogen-bond donors (Lipinski definition) is 1. The summed E-state index contributed by atoms with van der Waals surface area (Å²) in [6.07, 6.45) is 1.90.